The molecule has 2 heterocycles. The third-order valence-corrected chi connectivity index (χ3v) is 8.84. The Bertz CT molecular complexity index is 1640. The number of amides is 1. The molecule has 1 aromatic heterocycles. The normalized spacial score (nSPS) is 16.8. The number of allylic oxidation sites excluding steroid dienone is 3. The molecule has 0 saturated heterocycles. The molecule has 1 amide bonds. The van der Waals surface area contributed by atoms with Gasteiger partial charge in [0, 0.05) is 23.4 Å². The summed E-state index contributed by atoms with van der Waals surface area (Å²) in [5.74, 6) is -1.08. The van der Waals surface area contributed by atoms with Gasteiger partial charge in [0.15, 0.2) is 10.1 Å². The van der Waals surface area contributed by atoms with E-state index in [4.69, 9.17) is 10.5 Å². The lowest BCUT2D eigenvalue weighted by Gasteiger charge is -2.38. The summed E-state index contributed by atoms with van der Waals surface area (Å²) in [6.07, 6.45) is 1.56. The topological polar surface area (TPSA) is 151 Å². The molecule has 208 valence electrons. The summed E-state index contributed by atoms with van der Waals surface area (Å²) >= 11 is 2.48. The van der Waals surface area contributed by atoms with Gasteiger partial charge < -0.3 is 15.8 Å². The van der Waals surface area contributed by atoms with Crippen LogP contribution in [0.2, 0.25) is 0 Å². The van der Waals surface area contributed by atoms with E-state index in [-0.39, 0.29) is 28.8 Å². The van der Waals surface area contributed by atoms with E-state index in [9.17, 15) is 19.6 Å². The number of ketones is 1. The van der Waals surface area contributed by atoms with E-state index in [0.717, 1.165) is 11.3 Å². The van der Waals surface area contributed by atoms with Crippen molar-refractivity contribution >= 4 is 51.6 Å². The number of Topliss-reactive ketones (excluding diaryl/α,β-unsaturated/α-hetero) is 1. The minimum absolute atomic E-state index is 0.0644. The Kier molecular flexibility index (Phi) is 8.19. The third kappa shape index (κ3) is 5.73. The Labute approximate surface area is 244 Å². The number of hydrogen-bond donors (Lipinski definition) is 2. The number of aryl methyl sites for hydroxylation is 1. The van der Waals surface area contributed by atoms with Gasteiger partial charge in [-0.2, -0.15) is 5.26 Å². The maximum Gasteiger partial charge on any atom is 0.337 e. The summed E-state index contributed by atoms with van der Waals surface area (Å²) < 4.78 is 5.34. The lowest BCUT2D eigenvalue weighted by atomic mass is 9.75. The SMILES string of the molecule is COC(=O)c1ccc(C2C(C#N)=C(N)N(c3nnc(SCC(=O)Nc4cccc(C)c4)s3)C3=C2C(=O)CCC3)cc1. The lowest BCUT2D eigenvalue weighted by Crippen LogP contribution is -2.38. The van der Waals surface area contributed by atoms with Crippen molar-refractivity contribution in [1.29, 1.82) is 5.26 Å². The van der Waals surface area contributed by atoms with Crippen molar-refractivity contribution in [2.45, 2.75) is 36.4 Å². The number of aromatic nitrogens is 2. The number of esters is 1. The van der Waals surface area contributed by atoms with Gasteiger partial charge in [-0.05, 0) is 55.2 Å². The number of thioether (sulfide) groups is 1. The molecule has 1 unspecified atom stereocenters. The Morgan fingerprint density at radius 1 is 1.22 bits per heavy atom. The van der Waals surface area contributed by atoms with Crippen molar-refractivity contribution in [3.63, 3.8) is 0 Å². The van der Waals surface area contributed by atoms with Gasteiger partial charge in [-0.15, -0.1) is 10.2 Å². The van der Waals surface area contributed by atoms with Crippen molar-refractivity contribution in [1.82, 2.24) is 10.2 Å². The maximum absolute atomic E-state index is 13.3. The maximum atomic E-state index is 13.3. The number of benzene rings is 2. The van der Waals surface area contributed by atoms with Crippen LogP contribution in [0.1, 0.15) is 46.7 Å². The molecule has 0 saturated carbocycles. The van der Waals surface area contributed by atoms with Gasteiger partial charge in [-0.25, -0.2) is 4.79 Å². The molecule has 5 rings (SSSR count). The number of anilines is 2. The largest absolute Gasteiger partial charge is 0.465 e. The van der Waals surface area contributed by atoms with Crippen LogP contribution in [-0.4, -0.2) is 40.7 Å². The molecule has 10 nitrogen and oxygen atoms in total. The van der Waals surface area contributed by atoms with Gasteiger partial charge in [0.05, 0.1) is 36.0 Å². The highest BCUT2D eigenvalue weighted by molar-refractivity contribution is 8.01. The number of nitriles is 1. The van der Waals surface area contributed by atoms with E-state index in [1.54, 1.807) is 29.2 Å². The number of rotatable bonds is 7. The monoisotopic (exact) mass is 586 g/mol. The highest BCUT2D eigenvalue weighted by atomic mass is 32.2. The van der Waals surface area contributed by atoms with Crippen LogP contribution in [0.5, 0.6) is 0 Å². The zero-order chi connectivity index (χ0) is 29.1. The van der Waals surface area contributed by atoms with Crippen LogP contribution in [0.15, 0.2) is 75.5 Å². The molecular weight excluding hydrogens is 560 g/mol. The second-order valence-corrected chi connectivity index (χ2v) is 11.7. The molecule has 1 aliphatic carbocycles. The van der Waals surface area contributed by atoms with E-state index in [1.807, 2.05) is 31.2 Å². The summed E-state index contributed by atoms with van der Waals surface area (Å²) in [6, 6.07) is 16.4. The average Bonchev–Trinajstić information content (AvgIpc) is 3.44. The highest BCUT2D eigenvalue weighted by Crippen LogP contribution is 2.47. The first kappa shape index (κ1) is 28.1. The van der Waals surface area contributed by atoms with Crippen LogP contribution in [0.4, 0.5) is 10.8 Å². The number of nitrogens with one attached hydrogen (secondary N) is 1. The van der Waals surface area contributed by atoms with Crippen molar-refractivity contribution in [2.75, 3.05) is 23.1 Å². The molecule has 2 aliphatic rings. The third-order valence-electron chi connectivity index (χ3n) is 6.79. The molecule has 1 atom stereocenters. The summed E-state index contributed by atoms with van der Waals surface area (Å²) in [4.78, 5) is 39.4. The van der Waals surface area contributed by atoms with Gasteiger partial charge in [0.2, 0.25) is 11.0 Å². The Hall–Kier alpha value is -4.47. The van der Waals surface area contributed by atoms with Crippen LogP contribution in [0.25, 0.3) is 0 Å². The van der Waals surface area contributed by atoms with Crippen LogP contribution >= 0.6 is 23.1 Å². The molecule has 3 aromatic rings. The summed E-state index contributed by atoms with van der Waals surface area (Å²) in [6.45, 7) is 1.95. The average molecular weight is 587 g/mol. The second-order valence-electron chi connectivity index (χ2n) is 9.49. The second kappa shape index (κ2) is 12.0. The van der Waals surface area contributed by atoms with Gasteiger partial charge in [-0.3, -0.25) is 14.5 Å². The number of nitrogens with two attached hydrogens (primary N) is 1. The van der Waals surface area contributed by atoms with E-state index in [0.29, 0.717) is 51.1 Å². The molecule has 1 aliphatic heterocycles. The zero-order valence-corrected chi connectivity index (χ0v) is 24.0. The van der Waals surface area contributed by atoms with Crippen LogP contribution in [0.3, 0.4) is 0 Å². The summed E-state index contributed by atoms with van der Waals surface area (Å²) in [7, 11) is 1.30. The molecule has 12 heteroatoms. The van der Waals surface area contributed by atoms with Gasteiger partial charge in [-0.1, -0.05) is 47.4 Å². The van der Waals surface area contributed by atoms with Gasteiger partial charge in [0.1, 0.15) is 5.82 Å². The first-order chi connectivity index (χ1) is 19.8. The summed E-state index contributed by atoms with van der Waals surface area (Å²) in [5, 5.41) is 22.0. The van der Waals surface area contributed by atoms with Gasteiger partial charge >= 0.3 is 5.97 Å². The number of carbonyl (C=O) groups excluding carboxylic acids is 3. The molecule has 0 bridgehead atoms. The Balaban J connectivity index is 1.42. The predicted octanol–water partition coefficient (Wildman–Crippen LogP) is 4.67. The minimum Gasteiger partial charge on any atom is -0.465 e. The number of hydrogen-bond acceptors (Lipinski definition) is 11. The Morgan fingerprint density at radius 2 is 2.00 bits per heavy atom. The van der Waals surface area contributed by atoms with E-state index in [2.05, 4.69) is 21.6 Å². The van der Waals surface area contributed by atoms with Crippen molar-refractivity contribution in [2.24, 2.45) is 5.73 Å². The lowest BCUT2D eigenvalue weighted by molar-refractivity contribution is -0.116. The highest BCUT2D eigenvalue weighted by Gasteiger charge is 2.41. The number of nitrogens with zero attached hydrogens (tertiary/aromatic N) is 4. The van der Waals surface area contributed by atoms with Crippen molar-refractivity contribution in [3.05, 3.63) is 87.9 Å². The molecular formula is C29H26N6O4S2. The zero-order valence-electron chi connectivity index (χ0n) is 22.3. The minimum atomic E-state index is -0.669. The van der Waals surface area contributed by atoms with Gasteiger partial charge in [0.25, 0.3) is 0 Å². The molecule has 2 aromatic carbocycles. The smallest absolute Gasteiger partial charge is 0.337 e. The number of carbonyl (C=O) groups is 3. The van der Waals surface area contributed by atoms with Crippen molar-refractivity contribution in [3.8, 4) is 6.07 Å². The molecule has 0 fully saturated rings. The van der Waals surface area contributed by atoms with Crippen LogP contribution < -0.4 is 16.0 Å². The van der Waals surface area contributed by atoms with E-state index in [1.165, 1.54) is 30.2 Å². The fourth-order valence-corrected chi connectivity index (χ4v) is 6.65. The van der Waals surface area contributed by atoms with E-state index >= 15 is 0 Å². The van der Waals surface area contributed by atoms with Crippen LogP contribution in [-0.2, 0) is 14.3 Å². The molecule has 3 N–H and O–H groups in total. The van der Waals surface area contributed by atoms with E-state index < -0.39 is 11.9 Å². The quantitative estimate of drug-likeness (QED) is 0.295. The predicted molar refractivity (Wildman–Crippen MR) is 156 cm³/mol. The van der Waals surface area contributed by atoms with Crippen LogP contribution in [0, 0.1) is 18.3 Å². The fraction of sp³-hybridized carbons (Fsp3) is 0.241. The fourth-order valence-electron chi connectivity index (χ4n) is 4.97. The standard InChI is InChI=1S/C29H26N6O4S2/c1-16-5-3-6-19(13-16)32-23(37)15-40-29-34-33-28(41-29)35-21-7-4-8-22(36)25(21)24(20(14-30)26(35)31)17-9-11-18(12-10-17)27(38)39-2/h3,5-6,9-13,24H,4,7-8,15,31H2,1-2H3,(H,32,37). The molecule has 0 radical (unpaired) electrons. The van der Waals surface area contributed by atoms with Crippen molar-refractivity contribution < 1.29 is 19.1 Å². The Morgan fingerprint density at radius 3 is 2.71 bits per heavy atom. The number of ether oxygens (including phenoxy) is 1. The molecule has 41 heavy (non-hydrogen) atoms. The first-order valence-corrected chi connectivity index (χ1v) is 14.6. The summed E-state index contributed by atoms with van der Waals surface area (Å²) in [5.41, 5.74) is 10.8. The first-order valence-electron chi connectivity index (χ1n) is 12.8. The molecule has 0 spiro atoms. The number of methoxy groups -OCH3 is 1.